The summed E-state index contributed by atoms with van der Waals surface area (Å²) < 4.78 is 1.01. The van der Waals surface area contributed by atoms with E-state index in [9.17, 15) is 0 Å². The molecule has 0 aliphatic heterocycles. The summed E-state index contributed by atoms with van der Waals surface area (Å²) in [4.78, 5) is 4.38. The molecule has 0 amide bonds. The molecule has 100 valence electrons. The van der Waals surface area contributed by atoms with Gasteiger partial charge in [-0.1, -0.05) is 19.4 Å². The molecule has 0 unspecified atom stereocenters. The molecule has 0 saturated heterocycles. The minimum Gasteiger partial charge on any atom is -0.324 e. The maximum absolute atomic E-state index is 5.47. The lowest BCUT2D eigenvalue weighted by Gasteiger charge is -2.14. The van der Waals surface area contributed by atoms with Gasteiger partial charge in [-0.2, -0.15) is 0 Å². The van der Waals surface area contributed by atoms with Gasteiger partial charge < -0.3 is 5.32 Å². The highest BCUT2D eigenvalue weighted by molar-refractivity contribution is 9.10. The van der Waals surface area contributed by atoms with Gasteiger partial charge in [-0.3, -0.25) is 10.4 Å². The van der Waals surface area contributed by atoms with E-state index < -0.39 is 0 Å². The molecular weight excluding hydrogens is 292 g/mol. The Morgan fingerprint density at radius 2 is 2.11 bits per heavy atom. The Balaban J connectivity index is 2.85. The molecule has 5 heteroatoms. The fourth-order valence-electron chi connectivity index (χ4n) is 1.66. The molecule has 0 aliphatic rings. The zero-order chi connectivity index (χ0) is 13.5. The average molecular weight is 313 g/mol. The summed E-state index contributed by atoms with van der Waals surface area (Å²) in [6.45, 7) is 7.03. The van der Waals surface area contributed by atoms with E-state index in [2.05, 4.69) is 64.6 Å². The molecule has 1 aromatic rings. The molecule has 0 aliphatic carbocycles. The topological polar surface area (TPSA) is 62.4 Å². The second-order valence-electron chi connectivity index (χ2n) is 4.29. The van der Waals surface area contributed by atoms with Crippen LogP contribution in [0.3, 0.4) is 0 Å². The fourth-order valence-corrected chi connectivity index (χ4v) is 2.44. The number of aryl methyl sites for hydroxylation is 2. The van der Waals surface area contributed by atoms with Crippen molar-refractivity contribution in [2.45, 2.75) is 33.6 Å². The number of anilines is 1. The third-order valence-electron chi connectivity index (χ3n) is 2.59. The van der Waals surface area contributed by atoms with Crippen LogP contribution in [-0.2, 0) is 0 Å². The maximum atomic E-state index is 5.47. The minimum absolute atomic E-state index is 0.594. The second-order valence-corrected chi connectivity index (χ2v) is 5.15. The number of unbranched alkanes of at least 4 members (excludes halogenated alkanes) is 1. The highest BCUT2D eigenvalue weighted by Gasteiger charge is 2.06. The zero-order valence-electron chi connectivity index (χ0n) is 11.2. The van der Waals surface area contributed by atoms with Gasteiger partial charge in [-0.15, -0.1) is 0 Å². The number of benzene rings is 1. The van der Waals surface area contributed by atoms with Gasteiger partial charge in [0.15, 0.2) is 0 Å². The zero-order valence-corrected chi connectivity index (χ0v) is 12.8. The van der Waals surface area contributed by atoms with Crippen LogP contribution in [0.2, 0.25) is 0 Å². The van der Waals surface area contributed by atoms with E-state index in [0.717, 1.165) is 35.1 Å². The number of guanidine groups is 1. The Hall–Kier alpha value is -1.07. The van der Waals surface area contributed by atoms with Crippen molar-refractivity contribution >= 4 is 27.6 Å². The van der Waals surface area contributed by atoms with Crippen LogP contribution in [-0.4, -0.2) is 12.5 Å². The lowest BCUT2D eigenvalue weighted by molar-refractivity contribution is 0.801. The number of rotatable bonds is 4. The van der Waals surface area contributed by atoms with Crippen molar-refractivity contribution in [2.24, 2.45) is 10.8 Å². The summed E-state index contributed by atoms with van der Waals surface area (Å²) in [6.07, 6.45) is 2.18. The summed E-state index contributed by atoms with van der Waals surface area (Å²) in [5.74, 6) is 6.07. The summed E-state index contributed by atoms with van der Waals surface area (Å²) in [6, 6.07) is 4.18. The van der Waals surface area contributed by atoms with E-state index in [1.54, 1.807) is 0 Å². The van der Waals surface area contributed by atoms with Crippen LogP contribution >= 0.6 is 15.9 Å². The Morgan fingerprint density at radius 3 is 2.67 bits per heavy atom. The number of halogens is 1. The molecule has 4 nitrogen and oxygen atoms in total. The molecule has 0 saturated carbocycles. The Kier molecular flexibility index (Phi) is 6.15. The summed E-state index contributed by atoms with van der Waals surface area (Å²) in [7, 11) is 0. The monoisotopic (exact) mass is 312 g/mol. The Bertz CT molecular complexity index is 406. The van der Waals surface area contributed by atoms with Crippen LogP contribution in [0.4, 0.5) is 5.69 Å². The lowest BCUT2D eigenvalue weighted by Crippen LogP contribution is -2.36. The molecule has 4 N–H and O–H groups in total. The quantitative estimate of drug-likeness (QED) is 0.263. The number of nitrogens with one attached hydrogen (secondary N) is 2. The first-order valence-electron chi connectivity index (χ1n) is 6.13. The van der Waals surface area contributed by atoms with E-state index in [1.165, 1.54) is 5.56 Å². The Labute approximate surface area is 117 Å². The smallest absolute Gasteiger partial charge is 0.210 e. The average Bonchev–Trinajstić information content (AvgIpc) is 2.31. The van der Waals surface area contributed by atoms with Crippen molar-refractivity contribution in [3.05, 3.63) is 27.7 Å². The van der Waals surface area contributed by atoms with Crippen LogP contribution in [0.25, 0.3) is 0 Å². The summed E-state index contributed by atoms with van der Waals surface area (Å²) >= 11 is 3.55. The van der Waals surface area contributed by atoms with E-state index in [1.807, 2.05) is 0 Å². The van der Waals surface area contributed by atoms with Crippen molar-refractivity contribution in [3.63, 3.8) is 0 Å². The van der Waals surface area contributed by atoms with E-state index in [-0.39, 0.29) is 0 Å². The highest BCUT2D eigenvalue weighted by atomic mass is 79.9. The third-order valence-corrected chi connectivity index (χ3v) is 3.22. The standard InChI is InChI=1S/C13H21BrN4/c1-4-5-6-16-13(18-15)17-12-10(3)7-9(2)8-11(12)14/h7-8H,4-6,15H2,1-3H3,(H2,16,17,18). The SMILES string of the molecule is CCCCN=C(NN)Nc1c(C)cc(C)cc1Br. The van der Waals surface area contributed by atoms with Crippen LogP contribution in [0.15, 0.2) is 21.6 Å². The summed E-state index contributed by atoms with van der Waals surface area (Å²) in [5, 5.41) is 3.22. The molecule has 0 fully saturated rings. The van der Waals surface area contributed by atoms with Crippen LogP contribution in [0.5, 0.6) is 0 Å². The van der Waals surface area contributed by atoms with Crippen molar-refractivity contribution in [1.82, 2.24) is 5.43 Å². The van der Waals surface area contributed by atoms with Gasteiger partial charge in [-0.05, 0) is 53.4 Å². The predicted molar refractivity (Wildman–Crippen MR) is 81.8 cm³/mol. The van der Waals surface area contributed by atoms with E-state index in [4.69, 9.17) is 5.84 Å². The molecular formula is C13H21BrN4. The van der Waals surface area contributed by atoms with Gasteiger partial charge in [0.25, 0.3) is 0 Å². The molecule has 1 rings (SSSR count). The first-order chi connectivity index (χ1) is 8.58. The first-order valence-corrected chi connectivity index (χ1v) is 6.92. The van der Waals surface area contributed by atoms with Crippen molar-refractivity contribution in [3.8, 4) is 0 Å². The van der Waals surface area contributed by atoms with Crippen molar-refractivity contribution in [1.29, 1.82) is 0 Å². The van der Waals surface area contributed by atoms with Gasteiger partial charge in [-0.25, -0.2) is 5.84 Å². The van der Waals surface area contributed by atoms with Crippen molar-refractivity contribution in [2.75, 3.05) is 11.9 Å². The molecule has 18 heavy (non-hydrogen) atoms. The van der Waals surface area contributed by atoms with Crippen LogP contribution in [0, 0.1) is 13.8 Å². The van der Waals surface area contributed by atoms with Gasteiger partial charge in [0.05, 0.1) is 5.69 Å². The Morgan fingerprint density at radius 1 is 1.39 bits per heavy atom. The molecule has 0 spiro atoms. The van der Waals surface area contributed by atoms with E-state index in [0.29, 0.717) is 5.96 Å². The highest BCUT2D eigenvalue weighted by Crippen LogP contribution is 2.27. The molecule has 0 bridgehead atoms. The third kappa shape index (κ3) is 4.31. The van der Waals surface area contributed by atoms with Crippen LogP contribution < -0.4 is 16.6 Å². The number of hydrazine groups is 1. The van der Waals surface area contributed by atoms with Crippen molar-refractivity contribution < 1.29 is 0 Å². The van der Waals surface area contributed by atoms with Gasteiger partial charge in [0, 0.05) is 11.0 Å². The van der Waals surface area contributed by atoms with Gasteiger partial charge >= 0.3 is 0 Å². The first kappa shape index (κ1) is 15.0. The normalized spacial score (nSPS) is 11.5. The largest absolute Gasteiger partial charge is 0.324 e. The molecule has 1 aromatic carbocycles. The van der Waals surface area contributed by atoms with E-state index >= 15 is 0 Å². The minimum atomic E-state index is 0.594. The lowest BCUT2D eigenvalue weighted by atomic mass is 10.1. The van der Waals surface area contributed by atoms with Crippen LogP contribution in [0.1, 0.15) is 30.9 Å². The number of aliphatic imine (C=N–C) groups is 1. The maximum Gasteiger partial charge on any atom is 0.210 e. The van der Waals surface area contributed by atoms with Gasteiger partial charge in [0.2, 0.25) is 5.96 Å². The number of nitrogens with zero attached hydrogens (tertiary/aromatic N) is 1. The molecule has 0 atom stereocenters. The predicted octanol–water partition coefficient (Wildman–Crippen LogP) is 3.10. The number of hydrogen-bond donors (Lipinski definition) is 3. The molecule has 0 aromatic heterocycles. The molecule has 0 radical (unpaired) electrons. The number of hydrogen-bond acceptors (Lipinski definition) is 2. The second kappa shape index (κ2) is 7.38. The summed E-state index contributed by atoms with van der Waals surface area (Å²) in [5.41, 5.74) is 5.96. The molecule has 0 heterocycles. The number of nitrogens with two attached hydrogens (primary N) is 1. The fraction of sp³-hybridized carbons (Fsp3) is 0.462. The van der Waals surface area contributed by atoms with Gasteiger partial charge in [0.1, 0.15) is 0 Å².